The summed E-state index contributed by atoms with van der Waals surface area (Å²) in [5.74, 6) is 0.101. The van der Waals surface area contributed by atoms with Crippen LogP contribution in [0.3, 0.4) is 0 Å². The maximum atomic E-state index is 13.4. The van der Waals surface area contributed by atoms with Gasteiger partial charge >= 0.3 is 0 Å². The molecule has 106 valence electrons. The zero-order valence-corrected chi connectivity index (χ0v) is 12.1. The monoisotopic (exact) mass is 294 g/mol. The quantitative estimate of drug-likeness (QED) is 0.908. The molecule has 1 unspecified atom stereocenters. The van der Waals surface area contributed by atoms with Crippen LogP contribution in [-0.2, 0) is 0 Å². The molecule has 0 radical (unpaired) electrons. The van der Waals surface area contributed by atoms with Crippen LogP contribution in [0.25, 0.3) is 0 Å². The molecule has 0 saturated heterocycles. The number of ether oxygens (including phenoxy) is 1. The van der Waals surface area contributed by atoms with Crippen molar-refractivity contribution >= 4 is 11.6 Å². The van der Waals surface area contributed by atoms with Crippen molar-refractivity contribution in [2.24, 2.45) is 0 Å². The molecule has 2 aromatic rings. The molecule has 0 saturated carbocycles. The van der Waals surface area contributed by atoms with Crippen molar-refractivity contribution < 1.29 is 14.2 Å². The van der Waals surface area contributed by atoms with Crippen LogP contribution in [0.2, 0.25) is 5.02 Å². The minimum Gasteiger partial charge on any atom is -0.491 e. The molecule has 0 amide bonds. The van der Waals surface area contributed by atoms with E-state index in [0.29, 0.717) is 16.9 Å². The fourth-order valence-corrected chi connectivity index (χ4v) is 2.21. The van der Waals surface area contributed by atoms with Gasteiger partial charge in [0, 0.05) is 10.6 Å². The molecule has 1 atom stereocenters. The first-order valence-electron chi connectivity index (χ1n) is 6.37. The summed E-state index contributed by atoms with van der Waals surface area (Å²) in [6.45, 7) is 3.81. The lowest BCUT2D eigenvalue weighted by Crippen LogP contribution is -2.10. The van der Waals surface area contributed by atoms with E-state index < -0.39 is 11.9 Å². The summed E-state index contributed by atoms with van der Waals surface area (Å²) in [5.41, 5.74) is 0.984. The van der Waals surface area contributed by atoms with Crippen molar-refractivity contribution in [2.75, 3.05) is 0 Å². The number of halogens is 2. The lowest BCUT2D eigenvalue weighted by Gasteiger charge is -2.18. The zero-order valence-electron chi connectivity index (χ0n) is 11.3. The van der Waals surface area contributed by atoms with Crippen LogP contribution in [0, 0.1) is 5.82 Å². The number of benzene rings is 2. The smallest absolute Gasteiger partial charge is 0.125 e. The molecule has 0 heterocycles. The fourth-order valence-electron chi connectivity index (χ4n) is 1.98. The summed E-state index contributed by atoms with van der Waals surface area (Å²) in [7, 11) is 0. The van der Waals surface area contributed by atoms with E-state index >= 15 is 0 Å². The highest BCUT2D eigenvalue weighted by Crippen LogP contribution is 2.32. The average molecular weight is 295 g/mol. The fraction of sp³-hybridized carbons (Fsp3) is 0.250. The number of hydrogen-bond donors (Lipinski definition) is 1. The summed E-state index contributed by atoms with van der Waals surface area (Å²) in [6, 6.07) is 11.2. The molecule has 4 heteroatoms. The van der Waals surface area contributed by atoms with Crippen LogP contribution in [0.15, 0.2) is 42.5 Å². The first-order chi connectivity index (χ1) is 9.47. The predicted molar refractivity (Wildman–Crippen MR) is 77.7 cm³/mol. The Hall–Kier alpha value is -1.58. The minimum atomic E-state index is -0.988. The molecule has 0 bridgehead atoms. The maximum Gasteiger partial charge on any atom is 0.125 e. The topological polar surface area (TPSA) is 29.5 Å². The van der Waals surface area contributed by atoms with E-state index in [1.807, 2.05) is 19.9 Å². The van der Waals surface area contributed by atoms with Gasteiger partial charge in [-0.1, -0.05) is 29.8 Å². The molecule has 1 N–H and O–H groups in total. The van der Waals surface area contributed by atoms with Crippen LogP contribution in [0.5, 0.6) is 5.75 Å². The maximum absolute atomic E-state index is 13.4. The second kappa shape index (κ2) is 6.25. The predicted octanol–water partition coefficient (Wildman–Crippen LogP) is 4.35. The number of aliphatic hydroxyl groups excluding tert-OH is 1. The van der Waals surface area contributed by atoms with Crippen LogP contribution in [0.4, 0.5) is 4.39 Å². The lowest BCUT2D eigenvalue weighted by molar-refractivity contribution is 0.198. The summed E-state index contributed by atoms with van der Waals surface area (Å²) in [5, 5.41) is 10.7. The van der Waals surface area contributed by atoms with Crippen LogP contribution < -0.4 is 4.74 Å². The standard InChI is InChI=1S/C16H16ClFO2/c1-10(2)20-15-6-4-3-5-14(15)16(19)11-7-12(17)9-13(18)8-11/h3-10,16,19H,1-2H3. The van der Waals surface area contributed by atoms with E-state index in [9.17, 15) is 9.50 Å². The average Bonchev–Trinajstić information content (AvgIpc) is 2.36. The second-order valence-corrected chi connectivity index (χ2v) is 5.25. The molecule has 0 aromatic heterocycles. The van der Waals surface area contributed by atoms with Crippen molar-refractivity contribution in [1.29, 1.82) is 0 Å². The van der Waals surface area contributed by atoms with E-state index in [1.54, 1.807) is 24.3 Å². The van der Waals surface area contributed by atoms with Gasteiger partial charge in [-0.3, -0.25) is 0 Å². The van der Waals surface area contributed by atoms with Crippen molar-refractivity contribution in [3.8, 4) is 5.75 Å². The SMILES string of the molecule is CC(C)Oc1ccccc1C(O)c1cc(F)cc(Cl)c1. The van der Waals surface area contributed by atoms with Crippen molar-refractivity contribution in [1.82, 2.24) is 0 Å². The normalized spacial score (nSPS) is 12.5. The summed E-state index contributed by atoms with van der Waals surface area (Å²) >= 11 is 5.82. The molecule has 0 aliphatic carbocycles. The van der Waals surface area contributed by atoms with Crippen molar-refractivity contribution in [3.63, 3.8) is 0 Å². The molecular weight excluding hydrogens is 279 g/mol. The van der Waals surface area contributed by atoms with Gasteiger partial charge in [0.2, 0.25) is 0 Å². The summed E-state index contributed by atoms with van der Waals surface area (Å²) in [6.07, 6.45) is -1.00. The van der Waals surface area contributed by atoms with Gasteiger partial charge in [-0.15, -0.1) is 0 Å². The third-order valence-electron chi connectivity index (χ3n) is 2.78. The largest absolute Gasteiger partial charge is 0.491 e. The second-order valence-electron chi connectivity index (χ2n) is 4.81. The van der Waals surface area contributed by atoms with Crippen molar-refractivity contribution in [2.45, 2.75) is 26.1 Å². The van der Waals surface area contributed by atoms with Gasteiger partial charge in [-0.25, -0.2) is 4.39 Å². The minimum absolute atomic E-state index is 0.0144. The molecule has 20 heavy (non-hydrogen) atoms. The Morgan fingerprint density at radius 2 is 1.85 bits per heavy atom. The Balaban J connectivity index is 2.39. The van der Waals surface area contributed by atoms with Gasteiger partial charge in [0.15, 0.2) is 0 Å². The molecule has 0 aliphatic heterocycles. The Bertz CT molecular complexity index is 579. The number of aliphatic hydroxyl groups is 1. The molecule has 2 rings (SSSR count). The highest BCUT2D eigenvalue weighted by Gasteiger charge is 2.17. The van der Waals surface area contributed by atoms with Crippen molar-refractivity contribution in [3.05, 3.63) is 64.4 Å². The highest BCUT2D eigenvalue weighted by molar-refractivity contribution is 6.30. The van der Waals surface area contributed by atoms with Crippen LogP contribution >= 0.6 is 11.6 Å². The molecule has 2 aromatic carbocycles. The van der Waals surface area contributed by atoms with Gasteiger partial charge < -0.3 is 9.84 Å². The molecule has 2 nitrogen and oxygen atoms in total. The number of para-hydroxylation sites is 1. The Labute approximate surface area is 122 Å². The first-order valence-corrected chi connectivity index (χ1v) is 6.75. The Morgan fingerprint density at radius 1 is 1.15 bits per heavy atom. The van der Waals surface area contributed by atoms with E-state index in [0.717, 1.165) is 0 Å². The zero-order chi connectivity index (χ0) is 14.7. The third kappa shape index (κ3) is 3.50. The Morgan fingerprint density at radius 3 is 2.50 bits per heavy atom. The van der Waals surface area contributed by atoms with E-state index in [-0.39, 0.29) is 11.1 Å². The Kier molecular flexibility index (Phi) is 4.63. The highest BCUT2D eigenvalue weighted by atomic mass is 35.5. The number of rotatable bonds is 4. The molecule has 0 aliphatic rings. The molecule has 0 spiro atoms. The van der Waals surface area contributed by atoms with Gasteiger partial charge in [0.25, 0.3) is 0 Å². The van der Waals surface area contributed by atoms with Gasteiger partial charge in [-0.05, 0) is 43.7 Å². The summed E-state index contributed by atoms with van der Waals surface area (Å²) < 4.78 is 19.0. The van der Waals surface area contributed by atoms with E-state index in [4.69, 9.17) is 16.3 Å². The summed E-state index contributed by atoms with van der Waals surface area (Å²) in [4.78, 5) is 0. The molecular formula is C16H16ClFO2. The van der Waals surface area contributed by atoms with Crippen LogP contribution in [0.1, 0.15) is 31.1 Å². The third-order valence-corrected chi connectivity index (χ3v) is 3.00. The van der Waals surface area contributed by atoms with Gasteiger partial charge in [-0.2, -0.15) is 0 Å². The van der Waals surface area contributed by atoms with Gasteiger partial charge in [0.1, 0.15) is 17.7 Å². The lowest BCUT2D eigenvalue weighted by atomic mass is 10.0. The first kappa shape index (κ1) is 14.8. The van der Waals surface area contributed by atoms with Gasteiger partial charge in [0.05, 0.1) is 6.10 Å². The van der Waals surface area contributed by atoms with E-state index in [1.165, 1.54) is 12.1 Å². The molecule has 0 fully saturated rings. The van der Waals surface area contributed by atoms with Crippen LogP contribution in [-0.4, -0.2) is 11.2 Å². The number of hydrogen-bond acceptors (Lipinski definition) is 2. The van der Waals surface area contributed by atoms with E-state index in [2.05, 4.69) is 0 Å².